The summed E-state index contributed by atoms with van der Waals surface area (Å²) < 4.78 is 5.47. The molecule has 0 aliphatic rings. The van der Waals surface area contributed by atoms with Crippen LogP contribution in [0.3, 0.4) is 0 Å². The van der Waals surface area contributed by atoms with Crippen molar-refractivity contribution in [3.8, 4) is 0 Å². The fourth-order valence-electron chi connectivity index (χ4n) is 1.79. The molecule has 0 aromatic rings. The molecule has 0 aliphatic carbocycles. The van der Waals surface area contributed by atoms with E-state index in [9.17, 15) is 0 Å². The minimum Gasteiger partial charge on any atom is -0.147 e. The van der Waals surface area contributed by atoms with Crippen molar-refractivity contribution in [2.45, 2.75) is 79.6 Å². The third-order valence-electron chi connectivity index (χ3n) is 2.46. The molecule has 2 nitrogen and oxygen atoms in total. The Morgan fingerprint density at radius 1 is 0.562 bits per heavy atom. The van der Waals surface area contributed by atoms with Gasteiger partial charge in [-0.15, -0.1) is 12.4 Å². The zero-order chi connectivity index (χ0) is 12.2. The van der Waals surface area contributed by atoms with Crippen LogP contribution in [0.1, 0.15) is 55.4 Å². The average Bonchev–Trinajstić information content (AvgIpc) is 2.01. The number of halogens is 1. The van der Waals surface area contributed by atoms with Gasteiger partial charge in [-0.2, -0.15) is 0 Å². The Balaban J connectivity index is 0. The van der Waals surface area contributed by atoms with Gasteiger partial charge in [0.05, 0.1) is 0 Å². The van der Waals surface area contributed by atoms with Crippen molar-refractivity contribution in [3.05, 3.63) is 0 Å². The van der Waals surface area contributed by atoms with Gasteiger partial charge < -0.3 is 0 Å². The zero-order valence-corrected chi connectivity index (χ0v) is 16.1. The van der Waals surface area contributed by atoms with Gasteiger partial charge in [-0.25, -0.2) is 0 Å². The van der Waals surface area contributed by atoms with Crippen LogP contribution in [-0.4, -0.2) is 26.1 Å². The zero-order valence-electron chi connectivity index (χ0n) is 12.1. The molecule has 0 bridgehead atoms. The second kappa shape index (κ2) is 9.49. The maximum absolute atomic E-state index is 2.74. The molecule has 0 radical (unpaired) electrons. The van der Waals surface area contributed by atoms with Gasteiger partial charge in [-0.3, -0.25) is 0 Å². The molecule has 0 spiro atoms. The van der Waals surface area contributed by atoms with Crippen LogP contribution in [0.4, 0.5) is 0 Å². The van der Waals surface area contributed by atoms with E-state index in [-0.39, 0.29) is 12.4 Å². The molecule has 0 aromatic heterocycles. The summed E-state index contributed by atoms with van der Waals surface area (Å²) in [5, 5.41) is 0. The monoisotopic (exact) mass is 378 g/mol. The van der Waals surface area contributed by atoms with Crippen LogP contribution in [-0.2, 0) is 0 Å². The number of nitrogens with zero attached hydrogens (tertiary/aromatic N) is 2. The second-order valence-electron chi connectivity index (χ2n) is 5.29. The molecule has 0 rings (SSSR count). The molecule has 0 saturated carbocycles. The van der Waals surface area contributed by atoms with Crippen LogP contribution in [0, 0.1) is 37.5 Å². The molecule has 0 fully saturated rings. The van der Waals surface area contributed by atoms with Gasteiger partial charge in [0.1, 0.15) is 0 Å². The molecule has 4 heteroatoms. The Morgan fingerprint density at radius 2 is 0.750 bits per heavy atom. The van der Waals surface area contributed by atoms with Crippen LogP contribution in [0.25, 0.3) is 0 Å². The first-order valence-corrected chi connectivity index (χ1v) is 8.97. The molecule has 0 unspecified atom stereocenters. The van der Waals surface area contributed by atoms with Crippen LogP contribution < -0.4 is 0 Å². The second-order valence-corrected chi connectivity index (χ2v) is 9.24. The molecule has 0 atom stereocenters. The van der Waals surface area contributed by atoms with E-state index < -0.39 is 37.5 Å². The van der Waals surface area contributed by atoms with E-state index in [1.807, 2.05) is 0 Å². The summed E-state index contributed by atoms with van der Waals surface area (Å²) in [7, 11) is 0. The van der Waals surface area contributed by atoms with Gasteiger partial charge in [0.15, 0.2) is 0 Å². The first-order valence-electron chi connectivity index (χ1n) is 6.10. The average molecular weight is 381 g/mol. The summed E-state index contributed by atoms with van der Waals surface area (Å²) in [6.45, 7) is 18.6. The number of hydrogen-bond donors (Lipinski definition) is 0. The topological polar surface area (TPSA) is 6.48 Å². The van der Waals surface area contributed by atoms with E-state index in [4.69, 9.17) is 0 Å². The SMILES string of the molecule is CC(C)[N]([Nd][N](C(C)C)C(C)C)C(C)C.Cl. The summed E-state index contributed by atoms with van der Waals surface area (Å²) in [5.74, 6) is 0. The Morgan fingerprint density at radius 3 is 0.875 bits per heavy atom. The maximum atomic E-state index is 2.74. The summed E-state index contributed by atoms with van der Waals surface area (Å²) in [4.78, 5) is 0. The molecule has 98 valence electrons. The third-order valence-corrected chi connectivity index (χ3v) is 10.6. The van der Waals surface area contributed by atoms with Crippen molar-refractivity contribution in [1.82, 2.24) is 1.97 Å². The van der Waals surface area contributed by atoms with Crippen LogP contribution >= 0.6 is 12.4 Å². The van der Waals surface area contributed by atoms with Crippen molar-refractivity contribution in [1.29, 1.82) is 0 Å². The van der Waals surface area contributed by atoms with Gasteiger partial charge in [-0.1, -0.05) is 0 Å². The fourth-order valence-corrected chi connectivity index (χ4v) is 5.61. The van der Waals surface area contributed by atoms with Gasteiger partial charge in [0, 0.05) is 0 Å². The largest absolute Gasteiger partial charge is 0.147 e. The van der Waals surface area contributed by atoms with Crippen molar-refractivity contribution in [3.63, 3.8) is 0 Å². The first-order chi connectivity index (χ1) is 6.77. The van der Waals surface area contributed by atoms with E-state index in [2.05, 4.69) is 57.4 Å². The molecule has 0 amide bonds. The fraction of sp³-hybridized carbons (Fsp3) is 1.00. The summed E-state index contributed by atoms with van der Waals surface area (Å²) >= 11 is -0.827. The van der Waals surface area contributed by atoms with Gasteiger partial charge >= 0.3 is 119 Å². The first kappa shape index (κ1) is 19.9. The third kappa shape index (κ3) is 7.10. The van der Waals surface area contributed by atoms with E-state index in [1.165, 1.54) is 0 Å². The van der Waals surface area contributed by atoms with Crippen molar-refractivity contribution in [2.24, 2.45) is 0 Å². The van der Waals surface area contributed by atoms with Crippen molar-refractivity contribution >= 4 is 12.4 Å². The molecule has 0 N–H and O–H groups in total. The van der Waals surface area contributed by atoms with E-state index >= 15 is 0 Å². The van der Waals surface area contributed by atoms with Gasteiger partial charge in [0.2, 0.25) is 0 Å². The van der Waals surface area contributed by atoms with Crippen molar-refractivity contribution < 1.29 is 37.5 Å². The standard InChI is InChI=1S/2C6H14N.ClH.Nd/c2*1-5(2)7-6(3)4;;/h2*5-6H,1-4H3;1H;/q2*-1;;+2. The summed E-state index contributed by atoms with van der Waals surface area (Å²) in [6, 6.07) is 2.81. The molecule has 0 aromatic carbocycles. The molecular weight excluding hydrogens is 352 g/mol. The molecule has 0 aliphatic heterocycles. The van der Waals surface area contributed by atoms with Crippen LogP contribution in [0.5, 0.6) is 0 Å². The molecule has 0 heterocycles. The number of rotatable bonds is 6. The smallest absolute Gasteiger partial charge is 0.147 e. The normalized spacial score (nSPS) is 12.1. The van der Waals surface area contributed by atoms with Crippen molar-refractivity contribution in [2.75, 3.05) is 0 Å². The molecular formula is C12H29ClN2Nd. The van der Waals surface area contributed by atoms with Gasteiger partial charge in [-0.05, 0) is 0 Å². The van der Waals surface area contributed by atoms with E-state index in [1.54, 1.807) is 0 Å². The quantitative estimate of drug-likeness (QED) is 0.695. The maximum Gasteiger partial charge on any atom is -0.147 e. The molecule has 16 heavy (non-hydrogen) atoms. The minimum atomic E-state index is -0.827. The Labute approximate surface area is 130 Å². The Kier molecular flexibility index (Phi) is 11.8. The predicted molar refractivity (Wildman–Crippen MR) is 71.5 cm³/mol. The van der Waals surface area contributed by atoms with E-state index in [0.29, 0.717) is 24.2 Å². The van der Waals surface area contributed by atoms with Crippen LogP contribution in [0.2, 0.25) is 0 Å². The number of hydrogen-bond acceptors (Lipinski definition) is 2. The minimum absolute atomic E-state index is 0. The van der Waals surface area contributed by atoms with E-state index in [0.717, 1.165) is 0 Å². The Hall–Kier alpha value is 1.56. The summed E-state index contributed by atoms with van der Waals surface area (Å²) in [5.41, 5.74) is 0. The van der Waals surface area contributed by atoms with Gasteiger partial charge in [0.25, 0.3) is 0 Å². The Bertz CT molecular complexity index is 138. The summed E-state index contributed by atoms with van der Waals surface area (Å²) in [6.07, 6.45) is 0. The molecule has 0 saturated heterocycles. The predicted octanol–water partition coefficient (Wildman–Crippen LogP) is 3.56. The van der Waals surface area contributed by atoms with Crippen LogP contribution in [0.15, 0.2) is 0 Å².